The van der Waals surface area contributed by atoms with Crippen molar-refractivity contribution in [2.45, 2.75) is 180 Å². The highest BCUT2D eigenvalue weighted by molar-refractivity contribution is 7.47. The molecule has 16 nitrogen and oxygen atoms in total. The minimum absolute atomic E-state index is 0.0676. The smallest absolute Gasteiger partial charge is 0.461 e. The second-order valence-corrected chi connectivity index (χ2v) is 18.5. The van der Waals surface area contributed by atoms with E-state index in [1.165, 1.54) is 44.9 Å². The molecule has 1 aliphatic rings. The molecule has 346 valence electrons. The average molecular weight is 887 g/mol. The lowest BCUT2D eigenvalue weighted by Gasteiger charge is -2.20. The monoisotopic (exact) mass is 886 g/mol. The standard InChI is InChI=1S/C41H76O16P2/c1-4-6-15-21-33(42)25-26-37-36(38(44)27-39(37)45)22-18-19-23-40(46)53-30-35(31-56-59(51,52)55-29-34(43)28-54-58(48,49)50)57-41(47)24-17-14-12-10-8-7-9-11-13-16-20-32(3)5-2/h18-19,25-26,32-39,42-45H,4-17,20-24,27-31H2,1-3H3,(H,51,52)(H2,48,49,50)/b19-18-,26-25+/t32?,33-,34+,35-,36+,37-,38+,39-/m1/s1. The number of hydrogen-bond acceptors (Lipinski definition) is 13. The van der Waals surface area contributed by atoms with Gasteiger partial charge in [-0.3, -0.25) is 23.2 Å². The van der Waals surface area contributed by atoms with E-state index in [9.17, 15) is 44.0 Å². The molecule has 0 amide bonds. The van der Waals surface area contributed by atoms with Crippen LogP contribution in [0.4, 0.5) is 0 Å². The molecular formula is C41H76O16P2. The van der Waals surface area contributed by atoms with Crippen LogP contribution in [0.3, 0.4) is 0 Å². The summed E-state index contributed by atoms with van der Waals surface area (Å²) in [5.74, 6) is -1.23. The Hall–Kier alpha value is -1.52. The van der Waals surface area contributed by atoms with Crippen molar-refractivity contribution in [1.82, 2.24) is 0 Å². The molecule has 59 heavy (non-hydrogen) atoms. The number of esters is 2. The predicted molar refractivity (Wildman–Crippen MR) is 223 cm³/mol. The first kappa shape index (κ1) is 55.5. The lowest BCUT2D eigenvalue weighted by Crippen LogP contribution is -2.29. The highest BCUT2D eigenvalue weighted by atomic mass is 31.2. The van der Waals surface area contributed by atoms with Crippen molar-refractivity contribution in [3.63, 3.8) is 0 Å². The Balaban J connectivity index is 2.63. The highest BCUT2D eigenvalue weighted by Crippen LogP contribution is 2.44. The number of phosphoric acid groups is 2. The zero-order valence-electron chi connectivity index (χ0n) is 35.6. The van der Waals surface area contributed by atoms with Gasteiger partial charge < -0.3 is 44.6 Å². The van der Waals surface area contributed by atoms with Gasteiger partial charge in [-0.2, -0.15) is 0 Å². The van der Waals surface area contributed by atoms with Crippen LogP contribution in [-0.4, -0.2) is 104 Å². The molecule has 0 heterocycles. The van der Waals surface area contributed by atoms with E-state index in [-0.39, 0.29) is 31.1 Å². The summed E-state index contributed by atoms with van der Waals surface area (Å²) in [5.41, 5.74) is 0. The SMILES string of the molecule is CCCCC[C@@H](O)/C=C/[C@@H]1[C@H](C/C=C\CC(=O)OC[C@H](COP(=O)(O)OC[C@@H](O)COP(=O)(O)O)OC(=O)CCCCCCCCCCCCC(C)CC)[C@@H](O)C[C@H]1O. The zero-order chi connectivity index (χ0) is 44.1. The maximum atomic E-state index is 12.7. The highest BCUT2D eigenvalue weighted by Gasteiger charge is 2.39. The summed E-state index contributed by atoms with van der Waals surface area (Å²) in [7, 11) is -9.78. The van der Waals surface area contributed by atoms with Gasteiger partial charge in [0.1, 0.15) is 12.7 Å². The van der Waals surface area contributed by atoms with E-state index in [2.05, 4.69) is 29.8 Å². The number of hydrogen-bond donors (Lipinski definition) is 7. The van der Waals surface area contributed by atoms with Gasteiger partial charge in [0.2, 0.25) is 0 Å². The van der Waals surface area contributed by atoms with E-state index in [1.807, 2.05) is 0 Å². The zero-order valence-corrected chi connectivity index (χ0v) is 37.4. The predicted octanol–water partition coefficient (Wildman–Crippen LogP) is 6.96. The van der Waals surface area contributed by atoms with Crippen molar-refractivity contribution >= 4 is 27.6 Å². The van der Waals surface area contributed by atoms with Crippen LogP contribution in [0, 0.1) is 17.8 Å². The third-order valence-corrected chi connectivity index (χ3v) is 11.9. The van der Waals surface area contributed by atoms with Crippen LogP contribution in [0.5, 0.6) is 0 Å². The van der Waals surface area contributed by atoms with Crippen molar-refractivity contribution in [3.8, 4) is 0 Å². The summed E-state index contributed by atoms with van der Waals surface area (Å²) in [6, 6.07) is 0. The van der Waals surface area contributed by atoms with E-state index in [0.717, 1.165) is 50.9 Å². The van der Waals surface area contributed by atoms with Gasteiger partial charge in [-0.25, -0.2) is 9.13 Å². The molecule has 0 aromatic heterocycles. The normalized spacial score (nSPS) is 21.7. The first-order valence-electron chi connectivity index (χ1n) is 21.7. The van der Waals surface area contributed by atoms with Crippen molar-refractivity contribution in [2.75, 3.05) is 26.4 Å². The summed E-state index contributed by atoms with van der Waals surface area (Å²) in [5, 5.41) is 41.1. The summed E-state index contributed by atoms with van der Waals surface area (Å²) in [6.07, 6.45) is 18.8. The number of rotatable bonds is 36. The number of allylic oxidation sites excluding steroid dienone is 1. The third-order valence-electron chi connectivity index (χ3n) is 10.5. The molecule has 1 rings (SSSR count). The van der Waals surface area contributed by atoms with Crippen LogP contribution in [0.15, 0.2) is 24.3 Å². The second-order valence-electron chi connectivity index (χ2n) is 15.9. The van der Waals surface area contributed by atoms with Gasteiger partial charge >= 0.3 is 27.6 Å². The van der Waals surface area contributed by atoms with Gasteiger partial charge in [-0.05, 0) is 31.1 Å². The van der Waals surface area contributed by atoms with Gasteiger partial charge in [-0.15, -0.1) is 0 Å². The van der Waals surface area contributed by atoms with Crippen LogP contribution >= 0.6 is 15.6 Å². The molecule has 0 saturated heterocycles. The molecular weight excluding hydrogens is 810 g/mol. The number of unbranched alkanes of at least 4 members (excludes halogenated alkanes) is 11. The number of aliphatic hydroxyl groups is 4. The van der Waals surface area contributed by atoms with Crippen molar-refractivity contribution in [3.05, 3.63) is 24.3 Å². The average Bonchev–Trinajstić information content (AvgIpc) is 3.45. The molecule has 2 unspecified atom stereocenters. The van der Waals surface area contributed by atoms with E-state index in [4.69, 9.17) is 23.8 Å². The maximum absolute atomic E-state index is 12.7. The fourth-order valence-electron chi connectivity index (χ4n) is 6.71. The van der Waals surface area contributed by atoms with Crippen molar-refractivity contribution < 1.29 is 76.9 Å². The molecule has 0 aromatic rings. The Bertz CT molecular complexity index is 1280. The van der Waals surface area contributed by atoms with Crippen molar-refractivity contribution in [1.29, 1.82) is 0 Å². The molecule has 0 bridgehead atoms. The Labute approximate surface area is 352 Å². The maximum Gasteiger partial charge on any atom is 0.472 e. The van der Waals surface area contributed by atoms with Crippen LogP contribution < -0.4 is 0 Å². The molecule has 1 fully saturated rings. The molecule has 0 aromatic carbocycles. The fraction of sp³-hybridized carbons (Fsp3) is 0.854. The van der Waals surface area contributed by atoms with Gasteiger partial charge in [0.15, 0.2) is 6.10 Å². The molecule has 18 heteroatoms. The Morgan fingerprint density at radius 1 is 0.729 bits per heavy atom. The molecule has 0 radical (unpaired) electrons. The van der Waals surface area contributed by atoms with Crippen LogP contribution in [0.25, 0.3) is 0 Å². The van der Waals surface area contributed by atoms with E-state index in [1.54, 1.807) is 24.3 Å². The lowest BCUT2D eigenvalue weighted by atomic mass is 9.89. The molecule has 0 spiro atoms. The number of phosphoric ester groups is 2. The van der Waals surface area contributed by atoms with E-state index in [0.29, 0.717) is 19.3 Å². The van der Waals surface area contributed by atoms with Gasteiger partial charge in [-0.1, -0.05) is 135 Å². The van der Waals surface area contributed by atoms with Crippen molar-refractivity contribution in [2.24, 2.45) is 17.8 Å². The summed E-state index contributed by atoms with van der Waals surface area (Å²) >= 11 is 0. The minimum atomic E-state index is -4.90. The summed E-state index contributed by atoms with van der Waals surface area (Å²) in [4.78, 5) is 52.9. The molecule has 0 aliphatic heterocycles. The largest absolute Gasteiger partial charge is 0.472 e. The van der Waals surface area contributed by atoms with E-state index >= 15 is 0 Å². The minimum Gasteiger partial charge on any atom is -0.461 e. The number of aliphatic hydroxyl groups excluding tert-OH is 4. The Morgan fingerprint density at radius 2 is 1.32 bits per heavy atom. The topological polar surface area (TPSA) is 256 Å². The van der Waals surface area contributed by atoms with Crippen LogP contribution in [-0.2, 0) is 41.8 Å². The molecule has 1 saturated carbocycles. The third kappa shape index (κ3) is 29.4. The Kier molecular flexibility index (Phi) is 30.3. The lowest BCUT2D eigenvalue weighted by molar-refractivity contribution is -0.160. The summed E-state index contributed by atoms with van der Waals surface area (Å²) in [6.45, 7) is 3.59. The Morgan fingerprint density at radius 3 is 1.95 bits per heavy atom. The van der Waals surface area contributed by atoms with Crippen LogP contribution in [0.1, 0.15) is 149 Å². The quantitative estimate of drug-likeness (QED) is 0.0145. The number of ether oxygens (including phenoxy) is 2. The molecule has 1 aliphatic carbocycles. The number of carbonyl (C=O) groups excluding carboxylic acids is 2. The second kappa shape index (κ2) is 32.2. The van der Waals surface area contributed by atoms with Gasteiger partial charge in [0, 0.05) is 18.8 Å². The first-order chi connectivity index (χ1) is 28.0. The number of carbonyl (C=O) groups is 2. The van der Waals surface area contributed by atoms with E-state index < -0.39 is 84.5 Å². The van der Waals surface area contributed by atoms with Gasteiger partial charge in [0.05, 0.1) is 44.6 Å². The van der Waals surface area contributed by atoms with Crippen LogP contribution in [0.2, 0.25) is 0 Å². The molecule has 9 atom stereocenters. The summed E-state index contributed by atoms with van der Waals surface area (Å²) < 4.78 is 47.7. The first-order valence-corrected chi connectivity index (χ1v) is 24.7. The van der Waals surface area contributed by atoms with Gasteiger partial charge in [0.25, 0.3) is 0 Å². The fourth-order valence-corrected chi connectivity index (χ4v) is 7.86. The molecule has 7 N–H and O–H groups in total.